The summed E-state index contributed by atoms with van der Waals surface area (Å²) in [6.07, 6.45) is 11.4. The van der Waals surface area contributed by atoms with Gasteiger partial charge in [0.2, 0.25) is 5.91 Å². The van der Waals surface area contributed by atoms with Crippen LogP contribution in [0.1, 0.15) is 127 Å². The van der Waals surface area contributed by atoms with E-state index in [1.165, 1.54) is 39.0 Å². The summed E-state index contributed by atoms with van der Waals surface area (Å²) in [5, 5.41) is 3.26. The standard InChI is InChI=1S/C35H57NO5/c1-21(36-22(2)37)25-12-17-35(20-40-23(3)38)19-18-33(8)26(30(25)35)10-11-28-32(7)15-14-29(41-24(4)39)31(5,6)27(32)13-16-34(28,33)9/h21,25-30H,10-20H2,1-9H3,(H,36,37)/t21-,25-,26+,27+,28-,29+,30+,32-,33-,34+,35+/m1/s1. The molecule has 6 nitrogen and oxygen atoms in total. The van der Waals surface area contributed by atoms with Crippen LogP contribution in [-0.2, 0) is 23.9 Å². The summed E-state index contributed by atoms with van der Waals surface area (Å²) in [5.41, 5.74) is 0.634. The second-order valence-corrected chi connectivity index (χ2v) is 16.5. The molecule has 41 heavy (non-hydrogen) atoms. The molecule has 0 aromatic heterocycles. The highest BCUT2D eigenvalue weighted by molar-refractivity contribution is 5.73. The Balaban J connectivity index is 1.50. The van der Waals surface area contributed by atoms with E-state index >= 15 is 0 Å². The largest absolute Gasteiger partial charge is 0.465 e. The topological polar surface area (TPSA) is 81.7 Å². The lowest BCUT2D eigenvalue weighted by Gasteiger charge is -2.73. The summed E-state index contributed by atoms with van der Waals surface area (Å²) < 4.78 is 11.7. The zero-order chi connectivity index (χ0) is 30.2. The summed E-state index contributed by atoms with van der Waals surface area (Å²) in [6, 6.07) is 0.121. The Morgan fingerprint density at radius 1 is 0.780 bits per heavy atom. The van der Waals surface area contributed by atoms with Gasteiger partial charge in [0.15, 0.2) is 0 Å². The van der Waals surface area contributed by atoms with E-state index in [1.54, 1.807) is 13.8 Å². The third-order valence-electron chi connectivity index (χ3n) is 14.5. The van der Waals surface area contributed by atoms with Crippen molar-refractivity contribution in [2.75, 3.05) is 6.61 Å². The Kier molecular flexibility index (Phi) is 7.72. The lowest BCUT2D eigenvalue weighted by atomic mass is 9.32. The minimum Gasteiger partial charge on any atom is -0.465 e. The molecule has 5 aliphatic carbocycles. The average Bonchev–Trinajstić information content (AvgIpc) is 3.24. The molecule has 0 aliphatic heterocycles. The minimum absolute atomic E-state index is 0.000408. The third kappa shape index (κ3) is 4.58. The molecule has 5 aliphatic rings. The molecule has 232 valence electrons. The van der Waals surface area contributed by atoms with E-state index in [4.69, 9.17) is 9.47 Å². The molecule has 1 amide bonds. The maximum atomic E-state index is 12.1. The van der Waals surface area contributed by atoms with Gasteiger partial charge in [-0.1, -0.05) is 34.6 Å². The molecule has 1 N–H and O–H groups in total. The predicted octanol–water partition coefficient (Wildman–Crippen LogP) is 7.09. The first kappa shape index (κ1) is 30.9. The van der Waals surface area contributed by atoms with Gasteiger partial charge in [-0.15, -0.1) is 0 Å². The number of amides is 1. The van der Waals surface area contributed by atoms with Gasteiger partial charge < -0.3 is 14.8 Å². The maximum Gasteiger partial charge on any atom is 0.302 e. The number of nitrogens with one attached hydrogen (secondary N) is 1. The number of carbonyl (C=O) groups is 3. The van der Waals surface area contributed by atoms with Gasteiger partial charge in [0.1, 0.15) is 6.10 Å². The van der Waals surface area contributed by atoms with Crippen LogP contribution in [0.3, 0.4) is 0 Å². The number of hydrogen-bond acceptors (Lipinski definition) is 5. The molecule has 5 saturated carbocycles. The zero-order valence-corrected chi connectivity index (χ0v) is 27.4. The van der Waals surface area contributed by atoms with Crippen LogP contribution in [0, 0.1) is 56.7 Å². The van der Waals surface area contributed by atoms with Crippen molar-refractivity contribution in [3.63, 3.8) is 0 Å². The number of ether oxygens (including phenoxy) is 2. The first-order valence-electron chi connectivity index (χ1n) is 16.6. The van der Waals surface area contributed by atoms with Crippen molar-refractivity contribution in [2.45, 2.75) is 139 Å². The molecule has 11 atom stereocenters. The Bertz CT molecular complexity index is 1070. The number of hydrogen-bond donors (Lipinski definition) is 1. The van der Waals surface area contributed by atoms with E-state index < -0.39 is 0 Å². The third-order valence-corrected chi connectivity index (χ3v) is 14.5. The lowest BCUT2D eigenvalue weighted by molar-refractivity contribution is -0.253. The van der Waals surface area contributed by atoms with Crippen LogP contribution in [0.5, 0.6) is 0 Å². The average molecular weight is 572 g/mol. The van der Waals surface area contributed by atoms with Crippen molar-refractivity contribution < 1.29 is 23.9 Å². The quantitative estimate of drug-likeness (QED) is 0.356. The van der Waals surface area contributed by atoms with Crippen LogP contribution in [-0.4, -0.2) is 36.6 Å². The van der Waals surface area contributed by atoms with Crippen molar-refractivity contribution in [2.24, 2.45) is 56.7 Å². The smallest absolute Gasteiger partial charge is 0.302 e. The Morgan fingerprint density at radius 3 is 2.12 bits per heavy atom. The molecule has 0 heterocycles. The minimum atomic E-state index is -0.182. The lowest BCUT2D eigenvalue weighted by Crippen LogP contribution is -2.67. The SMILES string of the molecule is CC(=O)N[C@H](C)[C@H]1CC[C@@]2(COC(C)=O)CC[C@]3(C)[C@@H](CC[C@@H]4[C@]5(C)CC[C@H](OC(C)=O)C(C)(C)[C@@H]5CC[C@@]43C)[C@H]12. The van der Waals surface area contributed by atoms with Crippen LogP contribution in [0.25, 0.3) is 0 Å². The highest BCUT2D eigenvalue weighted by atomic mass is 16.5. The normalized spacial score (nSPS) is 47.0. The van der Waals surface area contributed by atoms with Crippen molar-refractivity contribution in [1.82, 2.24) is 5.32 Å². The second kappa shape index (κ2) is 10.3. The van der Waals surface area contributed by atoms with Gasteiger partial charge in [-0.25, -0.2) is 0 Å². The number of rotatable bonds is 5. The van der Waals surface area contributed by atoms with Crippen LogP contribution in [0.2, 0.25) is 0 Å². The van der Waals surface area contributed by atoms with E-state index in [-0.39, 0.29) is 57.1 Å². The molecule has 0 saturated heterocycles. The highest BCUT2D eigenvalue weighted by Crippen LogP contribution is 2.77. The van der Waals surface area contributed by atoms with E-state index in [9.17, 15) is 14.4 Å². The molecular weight excluding hydrogens is 514 g/mol. The Labute approximate surface area is 248 Å². The van der Waals surface area contributed by atoms with Crippen LogP contribution in [0.15, 0.2) is 0 Å². The fourth-order valence-electron chi connectivity index (χ4n) is 12.7. The number of esters is 2. The van der Waals surface area contributed by atoms with Crippen LogP contribution >= 0.6 is 0 Å². The second-order valence-electron chi connectivity index (χ2n) is 16.5. The van der Waals surface area contributed by atoms with Gasteiger partial charge in [0.25, 0.3) is 0 Å². The van der Waals surface area contributed by atoms with Crippen molar-refractivity contribution >= 4 is 17.8 Å². The van der Waals surface area contributed by atoms with Crippen molar-refractivity contribution in [1.29, 1.82) is 0 Å². The van der Waals surface area contributed by atoms with Crippen molar-refractivity contribution in [3.05, 3.63) is 0 Å². The zero-order valence-electron chi connectivity index (χ0n) is 27.4. The van der Waals surface area contributed by atoms with Gasteiger partial charge in [-0.05, 0) is 117 Å². The van der Waals surface area contributed by atoms with E-state index in [2.05, 4.69) is 46.9 Å². The molecule has 5 fully saturated rings. The van der Waals surface area contributed by atoms with Gasteiger partial charge >= 0.3 is 11.9 Å². The van der Waals surface area contributed by atoms with Crippen LogP contribution in [0.4, 0.5) is 0 Å². The Hall–Kier alpha value is -1.59. The summed E-state index contributed by atoms with van der Waals surface area (Å²) >= 11 is 0. The predicted molar refractivity (Wildman–Crippen MR) is 160 cm³/mol. The Morgan fingerprint density at radius 2 is 1.49 bits per heavy atom. The van der Waals surface area contributed by atoms with E-state index in [0.717, 1.165) is 32.1 Å². The van der Waals surface area contributed by atoms with Gasteiger partial charge in [-0.2, -0.15) is 0 Å². The first-order chi connectivity index (χ1) is 19.0. The summed E-state index contributed by atoms with van der Waals surface area (Å²) in [6.45, 7) is 20.0. The van der Waals surface area contributed by atoms with Crippen molar-refractivity contribution in [3.8, 4) is 0 Å². The monoisotopic (exact) mass is 571 g/mol. The molecule has 0 aromatic carbocycles. The van der Waals surface area contributed by atoms with Gasteiger partial charge in [0, 0.05) is 37.6 Å². The fraction of sp³-hybridized carbons (Fsp3) is 0.914. The summed E-state index contributed by atoms with van der Waals surface area (Å²) in [5.74, 6) is 2.30. The van der Waals surface area contributed by atoms with Gasteiger partial charge in [-0.3, -0.25) is 14.4 Å². The molecule has 6 heteroatoms. The number of fused-ring (bicyclic) bond motifs is 7. The molecule has 0 unspecified atom stereocenters. The van der Waals surface area contributed by atoms with Crippen LogP contribution < -0.4 is 5.32 Å². The molecule has 0 aromatic rings. The fourth-order valence-corrected chi connectivity index (χ4v) is 12.7. The van der Waals surface area contributed by atoms with E-state index in [1.807, 2.05) is 0 Å². The molecular formula is C35H57NO5. The maximum absolute atomic E-state index is 12.1. The molecule has 0 spiro atoms. The van der Waals surface area contributed by atoms with E-state index in [0.29, 0.717) is 36.2 Å². The molecule has 0 bridgehead atoms. The summed E-state index contributed by atoms with van der Waals surface area (Å²) in [4.78, 5) is 36.1. The molecule has 5 rings (SSSR count). The highest BCUT2D eigenvalue weighted by Gasteiger charge is 2.71. The molecule has 0 radical (unpaired) electrons. The first-order valence-corrected chi connectivity index (χ1v) is 16.6. The van der Waals surface area contributed by atoms with Gasteiger partial charge in [0.05, 0.1) is 6.61 Å². The summed E-state index contributed by atoms with van der Waals surface area (Å²) in [7, 11) is 0. The number of carbonyl (C=O) groups excluding carboxylic acids is 3.